The van der Waals surface area contributed by atoms with Gasteiger partial charge in [0.2, 0.25) is 0 Å². The zero-order valence-corrected chi connectivity index (χ0v) is 15.3. The second kappa shape index (κ2) is 7.79. The molecule has 138 valence electrons. The number of halogens is 1. The average molecular weight is 383 g/mol. The molecule has 0 spiro atoms. The van der Waals surface area contributed by atoms with E-state index in [4.69, 9.17) is 0 Å². The molecule has 3 heterocycles. The highest BCUT2D eigenvalue weighted by atomic mass is 32.1. The smallest absolute Gasteiger partial charge is 0.265 e. The van der Waals surface area contributed by atoms with Gasteiger partial charge in [-0.05, 0) is 43.2 Å². The number of piperidine rings is 1. The van der Waals surface area contributed by atoms with E-state index in [1.807, 2.05) is 4.90 Å². The van der Waals surface area contributed by atoms with Crippen molar-refractivity contribution in [2.45, 2.75) is 18.9 Å². The van der Waals surface area contributed by atoms with Crippen molar-refractivity contribution in [3.8, 4) is 10.8 Å². The third-order valence-electron chi connectivity index (χ3n) is 4.47. The van der Waals surface area contributed by atoms with Gasteiger partial charge in [-0.1, -0.05) is 0 Å². The maximum Gasteiger partial charge on any atom is 0.265 e. The first-order valence-electron chi connectivity index (χ1n) is 8.73. The van der Waals surface area contributed by atoms with Crippen LogP contribution in [0.5, 0.6) is 0 Å². The summed E-state index contributed by atoms with van der Waals surface area (Å²) in [4.78, 5) is 27.8. The zero-order valence-electron chi connectivity index (χ0n) is 14.5. The molecule has 1 aliphatic rings. The van der Waals surface area contributed by atoms with Crippen molar-refractivity contribution in [2.75, 3.05) is 18.4 Å². The number of amides is 1. The Bertz CT molecular complexity index is 907. The molecule has 27 heavy (non-hydrogen) atoms. The van der Waals surface area contributed by atoms with Crippen LogP contribution in [0, 0.1) is 5.82 Å². The predicted octanol–water partition coefficient (Wildman–Crippen LogP) is 3.46. The molecular weight excluding hydrogens is 365 g/mol. The predicted molar refractivity (Wildman–Crippen MR) is 102 cm³/mol. The maximum atomic E-state index is 13.0. The molecule has 4 rings (SSSR count). The van der Waals surface area contributed by atoms with Crippen LogP contribution < -0.4 is 5.32 Å². The molecule has 1 fully saturated rings. The Morgan fingerprint density at radius 2 is 1.81 bits per heavy atom. The van der Waals surface area contributed by atoms with Crippen LogP contribution in [0.2, 0.25) is 0 Å². The van der Waals surface area contributed by atoms with Crippen molar-refractivity contribution in [3.05, 3.63) is 59.6 Å². The maximum absolute atomic E-state index is 13.0. The van der Waals surface area contributed by atoms with Gasteiger partial charge in [-0.2, -0.15) is 0 Å². The van der Waals surface area contributed by atoms with E-state index < -0.39 is 0 Å². The molecule has 0 aliphatic carbocycles. The largest absolute Gasteiger partial charge is 0.382 e. The summed E-state index contributed by atoms with van der Waals surface area (Å²) in [5.74, 6) is 0.282. The van der Waals surface area contributed by atoms with Gasteiger partial charge < -0.3 is 10.2 Å². The van der Waals surface area contributed by atoms with Gasteiger partial charge in [-0.3, -0.25) is 4.79 Å². The van der Waals surface area contributed by atoms with E-state index in [-0.39, 0.29) is 17.8 Å². The molecule has 3 aromatic rings. The summed E-state index contributed by atoms with van der Waals surface area (Å²) >= 11 is 1.31. The first kappa shape index (κ1) is 17.5. The summed E-state index contributed by atoms with van der Waals surface area (Å²) in [7, 11) is 0. The summed E-state index contributed by atoms with van der Waals surface area (Å²) in [6.45, 7) is 1.35. The molecule has 1 N–H and O–H groups in total. The van der Waals surface area contributed by atoms with Crippen LogP contribution in [0.4, 0.5) is 10.1 Å². The van der Waals surface area contributed by atoms with Gasteiger partial charge in [0.15, 0.2) is 10.8 Å². The van der Waals surface area contributed by atoms with Crippen molar-refractivity contribution < 1.29 is 9.18 Å². The minimum atomic E-state index is -0.245. The Morgan fingerprint density at radius 3 is 2.52 bits per heavy atom. The number of hydrogen-bond donors (Lipinski definition) is 1. The highest BCUT2D eigenvalue weighted by Crippen LogP contribution is 2.24. The lowest BCUT2D eigenvalue weighted by molar-refractivity contribution is 0.0723. The van der Waals surface area contributed by atoms with E-state index in [0.717, 1.165) is 18.5 Å². The lowest BCUT2D eigenvalue weighted by Gasteiger charge is -2.32. The minimum Gasteiger partial charge on any atom is -0.382 e. The molecule has 0 saturated carbocycles. The Balaban J connectivity index is 1.35. The van der Waals surface area contributed by atoms with Crippen LogP contribution in [0.1, 0.15) is 22.5 Å². The molecule has 0 bridgehead atoms. The van der Waals surface area contributed by atoms with Crippen LogP contribution in [0.15, 0.2) is 48.9 Å². The van der Waals surface area contributed by atoms with Crippen LogP contribution in [0.25, 0.3) is 10.8 Å². The quantitative estimate of drug-likeness (QED) is 0.747. The Labute approximate surface area is 160 Å². The number of benzene rings is 1. The number of thiazole rings is 1. The minimum absolute atomic E-state index is 0.00471. The van der Waals surface area contributed by atoms with Crippen molar-refractivity contribution in [3.63, 3.8) is 0 Å². The van der Waals surface area contributed by atoms with E-state index in [0.29, 0.717) is 28.8 Å². The fourth-order valence-corrected chi connectivity index (χ4v) is 3.88. The number of carbonyl (C=O) groups excluding carboxylic acids is 1. The summed E-state index contributed by atoms with van der Waals surface area (Å²) in [5.41, 5.74) is 0.899. The van der Waals surface area contributed by atoms with E-state index in [2.05, 4.69) is 20.3 Å². The van der Waals surface area contributed by atoms with Crippen molar-refractivity contribution in [1.29, 1.82) is 0 Å². The first-order chi connectivity index (χ1) is 13.2. The van der Waals surface area contributed by atoms with Crippen LogP contribution in [-0.4, -0.2) is 44.9 Å². The second-order valence-corrected chi connectivity index (χ2v) is 7.35. The van der Waals surface area contributed by atoms with Gasteiger partial charge in [0.25, 0.3) is 5.91 Å². The van der Waals surface area contributed by atoms with E-state index in [1.165, 1.54) is 23.5 Å². The molecule has 0 radical (unpaired) electrons. The van der Waals surface area contributed by atoms with Crippen molar-refractivity contribution in [2.24, 2.45) is 0 Å². The highest BCUT2D eigenvalue weighted by molar-refractivity contribution is 7.16. The van der Waals surface area contributed by atoms with Crippen LogP contribution >= 0.6 is 11.3 Å². The van der Waals surface area contributed by atoms with Gasteiger partial charge in [-0.15, -0.1) is 11.3 Å². The molecule has 1 aliphatic heterocycles. The Hall–Kier alpha value is -2.87. The SMILES string of the molecule is O=C(c1cnc(-c2ncccn2)s1)N1CCC(Nc2ccc(F)cc2)CC1. The molecule has 0 unspecified atom stereocenters. The Morgan fingerprint density at radius 1 is 1.11 bits per heavy atom. The number of likely N-dealkylation sites (tertiary alicyclic amines) is 1. The zero-order chi connectivity index (χ0) is 18.6. The van der Waals surface area contributed by atoms with E-state index >= 15 is 0 Å². The lowest BCUT2D eigenvalue weighted by Crippen LogP contribution is -2.42. The molecule has 1 amide bonds. The number of anilines is 1. The third kappa shape index (κ3) is 4.11. The molecule has 0 atom stereocenters. The van der Waals surface area contributed by atoms with Crippen LogP contribution in [0.3, 0.4) is 0 Å². The van der Waals surface area contributed by atoms with Crippen molar-refractivity contribution >= 4 is 22.9 Å². The average Bonchev–Trinajstić information content (AvgIpc) is 3.21. The number of nitrogens with one attached hydrogen (secondary N) is 1. The number of hydrogen-bond acceptors (Lipinski definition) is 6. The van der Waals surface area contributed by atoms with Gasteiger partial charge in [0.1, 0.15) is 10.7 Å². The second-order valence-electron chi connectivity index (χ2n) is 6.32. The van der Waals surface area contributed by atoms with Gasteiger partial charge in [0.05, 0.1) is 6.20 Å². The van der Waals surface area contributed by atoms with Crippen molar-refractivity contribution in [1.82, 2.24) is 19.9 Å². The van der Waals surface area contributed by atoms with Gasteiger partial charge in [0, 0.05) is 37.2 Å². The summed E-state index contributed by atoms with van der Waals surface area (Å²) in [5, 5.41) is 4.05. The van der Waals surface area contributed by atoms with Gasteiger partial charge >= 0.3 is 0 Å². The van der Waals surface area contributed by atoms with Gasteiger partial charge in [-0.25, -0.2) is 19.3 Å². The normalized spacial score (nSPS) is 14.9. The number of rotatable bonds is 4. The van der Waals surface area contributed by atoms with E-state index in [1.54, 1.807) is 36.8 Å². The molecule has 2 aromatic heterocycles. The summed E-state index contributed by atoms with van der Waals surface area (Å²) < 4.78 is 13.0. The molecule has 1 aromatic carbocycles. The topological polar surface area (TPSA) is 71.0 Å². The fourth-order valence-electron chi connectivity index (χ4n) is 3.05. The number of aromatic nitrogens is 3. The number of carbonyl (C=O) groups is 1. The fraction of sp³-hybridized carbons (Fsp3) is 0.263. The van der Waals surface area contributed by atoms with E-state index in [9.17, 15) is 9.18 Å². The standard InChI is InChI=1S/C19H18FN5OS/c20-13-2-4-14(5-3-13)24-15-6-10-25(11-7-15)19(26)16-12-23-18(27-16)17-21-8-1-9-22-17/h1-5,8-9,12,15,24H,6-7,10-11H2. The molecular formula is C19H18FN5OS. The lowest BCUT2D eigenvalue weighted by atomic mass is 10.0. The summed E-state index contributed by atoms with van der Waals surface area (Å²) in [6.07, 6.45) is 6.60. The monoisotopic (exact) mass is 383 g/mol. The highest BCUT2D eigenvalue weighted by Gasteiger charge is 2.25. The molecule has 8 heteroatoms. The first-order valence-corrected chi connectivity index (χ1v) is 9.55. The third-order valence-corrected chi connectivity index (χ3v) is 5.45. The molecule has 6 nitrogen and oxygen atoms in total. The molecule has 1 saturated heterocycles. The Kier molecular flexibility index (Phi) is 5.06. The number of nitrogens with zero attached hydrogens (tertiary/aromatic N) is 4. The van der Waals surface area contributed by atoms with Crippen LogP contribution in [-0.2, 0) is 0 Å². The summed E-state index contributed by atoms with van der Waals surface area (Å²) in [6, 6.07) is 8.37.